The Balaban J connectivity index is 2.53. The Morgan fingerprint density at radius 2 is 1.82 bits per heavy atom. The molecule has 0 saturated heterocycles. The zero-order chi connectivity index (χ0) is 12.6. The molecule has 1 N–H and O–H groups in total. The van der Waals surface area contributed by atoms with E-state index in [2.05, 4.69) is 5.10 Å². The molecule has 3 heteroatoms. The van der Waals surface area contributed by atoms with Crippen molar-refractivity contribution in [1.29, 1.82) is 0 Å². The van der Waals surface area contributed by atoms with Crippen molar-refractivity contribution >= 4 is 0 Å². The molecule has 0 unspecified atom stereocenters. The van der Waals surface area contributed by atoms with Gasteiger partial charge in [-0.05, 0) is 33.3 Å². The van der Waals surface area contributed by atoms with Gasteiger partial charge in [0.05, 0.1) is 11.2 Å². The first-order valence-electron chi connectivity index (χ1n) is 5.75. The Hall–Kier alpha value is -1.77. The maximum atomic E-state index is 9.92. The highest BCUT2D eigenvalue weighted by Gasteiger charge is 2.20. The van der Waals surface area contributed by atoms with E-state index in [-0.39, 0.29) is 11.4 Å². The van der Waals surface area contributed by atoms with E-state index < -0.39 is 0 Å². The molecule has 2 rings (SSSR count). The van der Waals surface area contributed by atoms with Crippen LogP contribution in [0.3, 0.4) is 0 Å². The van der Waals surface area contributed by atoms with Crippen molar-refractivity contribution in [3.63, 3.8) is 0 Å². The molecule has 0 amide bonds. The van der Waals surface area contributed by atoms with Gasteiger partial charge in [0.1, 0.15) is 0 Å². The van der Waals surface area contributed by atoms with Gasteiger partial charge >= 0.3 is 0 Å². The molecule has 0 fully saturated rings. The van der Waals surface area contributed by atoms with Gasteiger partial charge in [-0.3, -0.25) is 0 Å². The molecule has 0 aliphatic carbocycles. The second kappa shape index (κ2) is 3.91. The molecule has 90 valence electrons. The minimum absolute atomic E-state index is 0.204. The van der Waals surface area contributed by atoms with Crippen LogP contribution >= 0.6 is 0 Å². The molecule has 0 aliphatic heterocycles. The van der Waals surface area contributed by atoms with Gasteiger partial charge in [0.15, 0.2) is 0 Å². The number of aromatic hydroxyl groups is 1. The molecule has 0 bridgehead atoms. The normalized spacial score (nSPS) is 11.8. The Morgan fingerprint density at radius 3 is 2.35 bits per heavy atom. The molecule has 3 nitrogen and oxygen atoms in total. The molecule has 0 atom stereocenters. The van der Waals surface area contributed by atoms with Crippen molar-refractivity contribution in [2.45, 2.75) is 33.2 Å². The number of benzene rings is 1. The number of aromatic nitrogens is 2. The van der Waals surface area contributed by atoms with Crippen molar-refractivity contribution < 1.29 is 5.11 Å². The van der Waals surface area contributed by atoms with Crippen molar-refractivity contribution in [3.05, 3.63) is 35.9 Å². The quantitative estimate of drug-likeness (QED) is 0.816. The van der Waals surface area contributed by atoms with Crippen LogP contribution in [0.5, 0.6) is 5.88 Å². The molecule has 2 aromatic rings. The van der Waals surface area contributed by atoms with Crippen LogP contribution in [0.4, 0.5) is 0 Å². The molecular weight excluding hydrogens is 212 g/mol. The minimum Gasteiger partial charge on any atom is -0.493 e. The molecule has 0 saturated carbocycles. The van der Waals surface area contributed by atoms with Gasteiger partial charge in [-0.2, -0.15) is 5.10 Å². The van der Waals surface area contributed by atoms with Crippen molar-refractivity contribution in [2.24, 2.45) is 0 Å². The first-order chi connectivity index (χ1) is 7.89. The van der Waals surface area contributed by atoms with Crippen molar-refractivity contribution in [2.75, 3.05) is 0 Å². The maximum Gasteiger partial charge on any atom is 0.210 e. The summed E-state index contributed by atoms with van der Waals surface area (Å²) in [7, 11) is 0. The molecule has 1 aromatic carbocycles. The van der Waals surface area contributed by atoms with Gasteiger partial charge in [-0.25, -0.2) is 4.68 Å². The van der Waals surface area contributed by atoms with E-state index in [0.29, 0.717) is 0 Å². The first-order valence-corrected chi connectivity index (χ1v) is 5.75. The van der Waals surface area contributed by atoms with Gasteiger partial charge in [-0.15, -0.1) is 0 Å². The lowest BCUT2D eigenvalue weighted by Crippen LogP contribution is -2.22. The van der Waals surface area contributed by atoms with Crippen LogP contribution in [-0.4, -0.2) is 14.9 Å². The lowest BCUT2D eigenvalue weighted by atomic mass is 10.1. The molecular formula is C14H18N2O. The zero-order valence-electron chi connectivity index (χ0n) is 10.7. The third kappa shape index (κ3) is 2.18. The number of nitrogens with zero attached hydrogens (tertiary/aromatic N) is 2. The average molecular weight is 230 g/mol. The van der Waals surface area contributed by atoms with Crippen LogP contribution in [0.2, 0.25) is 0 Å². The smallest absolute Gasteiger partial charge is 0.210 e. The number of rotatable bonds is 1. The van der Waals surface area contributed by atoms with Gasteiger partial charge in [-0.1, -0.05) is 24.3 Å². The molecule has 17 heavy (non-hydrogen) atoms. The fourth-order valence-electron chi connectivity index (χ4n) is 1.86. The monoisotopic (exact) mass is 230 g/mol. The summed E-state index contributed by atoms with van der Waals surface area (Å²) in [4.78, 5) is 0. The van der Waals surface area contributed by atoms with E-state index in [4.69, 9.17) is 0 Å². The lowest BCUT2D eigenvalue weighted by Gasteiger charge is -2.19. The molecule has 0 aliphatic rings. The highest BCUT2D eigenvalue weighted by Crippen LogP contribution is 2.28. The highest BCUT2D eigenvalue weighted by atomic mass is 16.3. The summed E-state index contributed by atoms with van der Waals surface area (Å²) in [5, 5.41) is 14.4. The van der Waals surface area contributed by atoms with Gasteiger partial charge in [0.2, 0.25) is 5.88 Å². The SMILES string of the molecule is Cc1ccccc1-c1cc(O)n(C(C)(C)C)n1. The maximum absolute atomic E-state index is 9.92. The summed E-state index contributed by atoms with van der Waals surface area (Å²) < 4.78 is 1.65. The fraction of sp³-hybridized carbons (Fsp3) is 0.357. The predicted molar refractivity (Wildman–Crippen MR) is 69.1 cm³/mol. The molecule has 0 radical (unpaired) electrons. The van der Waals surface area contributed by atoms with Crippen LogP contribution in [-0.2, 0) is 5.54 Å². The van der Waals surface area contributed by atoms with E-state index in [1.54, 1.807) is 10.7 Å². The minimum atomic E-state index is -0.217. The fourth-order valence-corrected chi connectivity index (χ4v) is 1.86. The van der Waals surface area contributed by atoms with Gasteiger partial charge < -0.3 is 5.11 Å². The molecule has 0 spiro atoms. The summed E-state index contributed by atoms with van der Waals surface area (Å²) in [5.41, 5.74) is 2.82. The Bertz CT molecular complexity index is 535. The van der Waals surface area contributed by atoms with Crippen LogP contribution in [0.1, 0.15) is 26.3 Å². The Kier molecular flexibility index (Phi) is 2.69. The second-order valence-corrected chi connectivity index (χ2v) is 5.29. The van der Waals surface area contributed by atoms with E-state index in [0.717, 1.165) is 16.8 Å². The zero-order valence-corrected chi connectivity index (χ0v) is 10.7. The summed E-state index contributed by atoms with van der Waals surface area (Å²) in [6, 6.07) is 9.76. The average Bonchev–Trinajstić information content (AvgIpc) is 2.60. The number of hydrogen-bond acceptors (Lipinski definition) is 2. The van der Waals surface area contributed by atoms with E-state index in [1.807, 2.05) is 52.0 Å². The van der Waals surface area contributed by atoms with E-state index in [9.17, 15) is 5.11 Å². The van der Waals surface area contributed by atoms with Crippen LogP contribution in [0.15, 0.2) is 30.3 Å². The standard InChI is InChI=1S/C14H18N2O/c1-10-7-5-6-8-11(10)12-9-13(17)16(15-12)14(2,3)4/h5-9,17H,1-4H3. The Morgan fingerprint density at radius 1 is 1.18 bits per heavy atom. The van der Waals surface area contributed by atoms with Crippen molar-refractivity contribution in [1.82, 2.24) is 9.78 Å². The molecule has 1 heterocycles. The Labute approximate surface area is 102 Å². The van der Waals surface area contributed by atoms with E-state index >= 15 is 0 Å². The summed E-state index contributed by atoms with van der Waals surface area (Å²) >= 11 is 0. The van der Waals surface area contributed by atoms with Crippen molar-refractivity contribution in [3.8, 4) is 17.1 Å². The predicted octanol–water partition coefficient (Wildman–Crippen LogP) is 3.32. The third-order valence-corrected chi connectivity index (χ3v) is 2.75. The summed E-state index contributed by atoms with van der Waals surface area (Å²) in [5.74, 6) is 0.204. The van der Waals surface area contributed by atoms with Crippen LogP contribution < -0.4 is 0 Å². The van der Waals surface area contributed by atoms with Crippen LogP contribution in [0.25, 0.3) is 11.3 Å². The largest absolute Gasteiger partial charge is 0.493 e. The van der Waals surface area contributed by atoms with E-state index in [1.165, 1.54) is 0 Å². The third-order valence-electron chi connectivity index (χ3n) is 2.75. The highest BCUT2D eigenvalue weighted by molar-refractivity contribution is 5.64. The summed E-state index contributed by atoms with van der Waals surface area (Å²) in [6.45, 7) is 8.09. The van der Waals surface area contributed by atoms with Gasteiger partial charge in [0.25, 0.3) is 0 Å². The number of aryl methyl sites for hydroxylation is 1. The summed E-state index contributed by atoms with van der Waals surface area (Å²) in [6.07, 6.45) is 0. The number of hydrogen-bond donors (Lipinski definition) is 1. The van der Waals surface area contributed by atoms with Gasteiger partial charge in [0, 0.05) is 11.6 Å². The first kappa shape index (κ1) is 11.7. The lowest BCUT2D eigenvalue weighted by molar-refractivity contribution is 0.295. The van der Waals surface area contributed by atoms with Crippen LogP contribution in [0, 0.1) is 6.92 Å². The topological polar surface area (TPSA) is 38.0 Å². The second-order valence-electron chi connectivity index (χ2n) is 5.29. The molecule has 1 aromatic heterocycles.